The van der Waals surface area contributed by atoms with Crippen LogP contribution in [0, 0.1) is 0 Å². The van der Waals surface area contributed by atoms with Crippen LogP contribution < -0.4 is 18.9 Å². The molecule has 3 rings (SSSR count). The number of piperazine rings is 1. The summed E-state index contributed by atoms with van der Waals surface area (Å²) in [6.45, 7) is 5.18. The van der Waals surface area contributed by atoms with Crippen LogP contribution in [-0.2, 0) is 9.59 Å². The number of para-hydroxylation sites is 4. The summed E-state index contributed by atoms with van der Waals surface area (Å²) >= 11 is 0. The zero-order chi connectivity index (χ0) is 23.1. The summed E-state index contributed by atoms with van der Waals surface area (Å²) in [7, 11) is 3.12. The minimum Gasteiger partial charge on any atom is -0.493 e. The Bertz CT molecular complexity index is 851. The smallest absolute Gasteiger partial charge is 0.263 e. The van der Waals surface area contributed by atoms with Gasteiger partial charge in [0.25, 0.3) is 11.8 Å². The first-order chi connectivity index (χ1) is 15.4. The van der Waals surface area contributed by atoms with Crippen molar-refractivity contribution in [3.8, 4) is 23.0 Å². The van der Waals surface area contributed by atoms with Gasteiger partial charge in [0.2, 0.25) is 0 Å². The highest BCUT2D eigenvalue weighted by Gasteiger charge is 2.30. The first kappa shape index (κ1) is 23.2. The quantitative estimate of drug-likeness (QED) is 0.626. The number of amides is 2. The fraction of sp³-hybridized carbons (Fsp3) is 0.417. The molecule has 1 saturated heterocycles. The molecule has 0 unspecified atom stereocenters. The van der Waals surface area contributed by atoms with E-state index in [0.717, 1.165) is 0 Å². The van der Waals surface area contributed by atoms with E-state index in [2.05, 4.69) is 0 Å². The van der Waals surface area contributed by atoms with Crippen molar-refractivity contribution in [3.63, 3.8) is 0 Å². The number of nitrogens with zero attached hydrogens (tertiary/aromatic N) is 2. The van der Waals surface area contributed by atoms with Crippen LogP contribution in [0.2, 0.25) is 0 Å². The first-order valence-corrected chi connectivity index (χ1v) is 10.6. The number of rotatable bonds is 8. The Morgan fingerprint density at radius 3 is 1.28 bits per heavy atom. The lowest BCUT2D eigenvalue weighted by atomic mass is 10.2. The van der Waals surface area contributed by atoms with E-state index in [1.165, 1.54) is 0 Å². The maximum atomic E-state index is 12.8. The minimum absolute atomic E-state index is 0.124. The van der Waals surface area contributed by atoms with Gasteiger partial charge in [0.1, 0.15) is 0 Å². The highest BCUT2D eigenvalue weighted by Crippen LogP contribution is 2.28. The summed E-state index contributed by atoms with van der Waals surface area (Å²) in [6.07, 6.45) is -1.33. The van der Waals surface area contributed by atoms with Crippen molar-refractivity contribution in [2.45, 2.75) is 26.1 Å². The Labute approximate surface area is 188 Å². The predicted octanol–water partition coefficient (Wildman–Crippen LogP) is 2.61. The topological polar surface area (TPSA) is 77.5 Å². The first-order valence-electron chi connectivity index (χ1n) is 10.6. The summed E-state index contributed by atoms with van der Waals surface area (Å²) < 4.78 is 22.2. The van der Waals surface area contributed by atoms with Crippen LogP contribution >= 0.6 is 0 Å². The van der Waals surface area contributed by atoms with Gasteiger partial charge in [-0.25, -0.2) is 0 Å². The molecular weight excluding hydrogens is 412 g/mol. The number of hydrogen-bond donors (Lipinski definition) is 0. The molecule has 32 heavy (non-hydrogen) atoms. The van der Waals surface area contributed by atoms with Gasteiger partial charge in [-0.05, 0) is 38.1 Å². The SMILES string of the molecule is COc1ccccc1O[C@@H](C)C(=O)N1CCN(C(=O)[C@H](C)Oc2ccccc2OC)CC1. The molecule has 0 saturated carbocycles. The van der Waals surface area contributed by atoms with E-state index in [1.807, 2.05) is 24.3 Å². The van der Waals surface area contributed by atoms with E-state index in [1.54, 1.807) is 62.1 Å². The second kappa shape index (κ2) is 10.7. The zero-order valence-electron chi connectivity index (χ0n) is 18.9. The van der Waals surface area contributed by atoms with Crippen molar-refractivity contribution in [2.75, 3.05) is 40.4 Å². The Morgan fingerprint density at radius 2 is 0.969 bits per heavy atom. The summed E-state index contributed by atoms with van der Waals surface area (Å²) in [5.41, 5.74) is 0. The zero-order valence-corrected chi connectivity index (χ0v) is 18.9. The van der Waals surface area contributed by atoms with Gasteiger partial charge < -0.3 is 28.7 Å². The molecule has 0 aromatic heterocycles. The average molecular weight is 443 g/mol. The highest BCUT2D eigenvalue weighted by molar-refractivity contribution is 5.83. The van der Waals surface area contributed by atoms with Gasteiger partial charge in [-0.2, -0.15) is 0 Å². The lowest BCUT2D eigenvalue weighted by Gasteiger charge is -2.36. The van der Waals surface area contributed by atoms with Crippen molar-refractivity contribution in [1.82, 2.24) is 9.80 Å². The van der Waals surface area contributed by atoms with Gasteiger partial charge >= 0.3 is 0 Å². The van der Waals surface area contributed by atoms with E-state index in [4.69, 9.17) is 18.9 Å². The molecule has 2 atom stereocenters. The summed E-state index contributed by atoms with van der Waals surface area (Å²) in [5, 5.41) is 0. The Morgan fingerprint density at radius 1 is 0.656 bits per heavy atom. The van der Waals surface area contributed by atoms with E-state index >= 15 is 0 Å². The molecule has 8 nitrogen and oxygen atoms in total. The average Bonchev–Trinajstić information content (AvgIpc) is 2.83. The van der Waals surface area contributed by atoms with Crippen molar-refractivity contribution in [2.24, 2.45) is 0 Å². The predicted molar refractivity (Wildman–Crippen MR) is 119 cm³/mol. The van der Waals surface area contributed by atoms with Crippen molar-refractivity contribution in [1.29, 1.82) is 0 Å². The molecule has 0 N–H and O–H groups in total. The molecule has 0 spiro atoms. The van der Waals surface area contributed by atoms with Gasteiger partial charge in [-0.15, -0.1) is 0 Å². The number of carbonyl (C=O) groups excluding carboxylic acids is 2. The normalized spacial score (nSPS) is 15.5. The Hall–Kier alpha value is -3.42. The monoisotopic (exact) mass is 442 g/mol. The van der Waals surface area contributed by atoms with Crippen LogP contribution in [0.1, 0.15) is 13.8 Å². The van der Waals surface area contributed by atoms with Crippen LogP contribution in [0.25, 0.3) is 0 Å². The molecule has 2 aromatic rings. The van der Waals surface area contributed by atoms with E-state index in [0.29, 0.717) is 49.2 Å². The van der Waals surface area contributed by atoms with Gasteiger partial charge in [0.15, 0.2) is 35.2 Å². The molecule has 0 radical (unpaired) electrons. The molecular formula is C24H30N2O6. The van der Waals surface area contributed by atoms with Crippen LogP contribution in [0.4, 0.5) is 0 Å². The molecule has 1 aliphatic heterocycles. The third-order valence-corrected chi connectivity index (χ3v) is 5.34. The largest absolute Gasteiger partial charge is 0.493 e. The van der Waals surface area contributed by atoms with Gasteiger partial charge in [0, 0.05) is 26.2 Å². The van der Waals surface area contributed by atoms with E-state index < -0.39 is 12.2 Å². The van der Waals surface area contributed by atoms with Gasteiger partial charge in [-0.1, -0.05) is 24.3 Å². The Balaban J connectivity index is 1.52. The minimum atomic E-state index is -0.665. The molecule has 1 heterocycles. The molecule has 2 aromatic carbocycles. The molecule has 172 valence electrons. The summed E-state index contributed by atoms with van der Waals surface area (Å²) in [5.74, 6) is 1.94. The number of hydrogen-bond acceptors (Lipinski definition) is 6. The fourth-order valence-electron chi connectivity index (χ4n) is 3.58. The van der Waals surface area contributed by atoms with Crippen molar-refractivity contribution >= 4 is 11.8 Å². The van der Waals surface area contributed by atoms with Crippen LogP contribution in [0.3, 0.4) is 0 Å². The van der Waals surface area contributed by atoms with Crippen molar-refractivity contribution < 1.29 is 28.5 Å². The van der Waals surface area contributed by atoms with Gasteiger partial charge in [0.05, 0.1) is 14.2 Å². The summed E-state index contributed by atoms with van der Waals surface area (Å²) in [6, 6.07) is 14.4. The number of carbonyl (C=O) groups is 2. The third kappa shape index (κ3) is 5.43. The second-order valence-corrected chi connectivity index (χ2v) is 7.47. The van der Waals surface area contributed by atoms with Crippen LogP contribution in [-0.4, -0.2) is 74.2 Å². The van der Waals surface area contributed by atoms with Gasteiger partial charge in [-0.3, -0.25) is 9.59 Å². The lowest BCUT2D eigenvalue weighted by Crippen LogP contribution is -2.55. The fourth-order valence-corrected chi connectivity index (χ4v) is 3.58. The summed E-state index contributed by atoms with van der Waals surface area (Å²) in [4.78, 5) is 29.1. The number of ether oxygens (including phenoxy) is 4. The molecule has 1 aliphatic rings. The standard InChI is InChI=1S/C24H30N2O6/c1-17(31-21-11-7-5-9-19(21)29-3)23(27)25-13-15-26(16-14-25)24(28)18(2)32-22-12-8-6-10-20(22)30-4/h5-12,17-18H,13-16H2,1-4H3/t17-,18-/m0/s1. The molecule has 0 bridgehead atoms. The molecule has 1 fully saturated rings. The third-order valence-electron chi connectivity index (χ3n) is 5.34. The number of benzene rings is 2. The second-order valence-electron chi connectivity index (χ2n) is 7.47. The maximum absolute atomic E-state index is 12.8. The van der Waals surface area contributed by atoms with Crippen LogP contribution in [0.15, 0.2) is 48.5 Å². The molecule has 8 heteroatoms. The highest BCUT2D eigenvalue weighted by atomic mass is 16.5. The Kier molecular flexibility index (Phi) is 7.81. The van der Waals surface area contributed by atoms with E-state index in [9.17, 15) is 9.59 Å². The molecule has 0 aliphatic carbocycles. The lowest BCUT2D eigenvalue weighted by molar-refractivity contribution is -0.146. The van der Waals surface area contributed by atoms with Crippen LogP contribution in [0.5, 0.6) is 23.0 Å². The molecule has 2 amide bonds. The van der Waals surface area contributed by atoms with E-state index in [-0.39, 0.29) is 11.8 Å². The van der Waals surface area contributed by atoms with Crippen molar-refractivity contribution in [3.05, 3.63) is 48.5 Å². The maximum Gasteiger partial charge on any atom is 0.263 e. The number of methoxy groups -OCH3 is 2.